The third-order valence-corrected chi connectivity index (χ3v) is 4.12. The Morgan fingerprint density at radius 2 is 2.04 bits per heavy atom. The molecule has 0 spiro atoms. The molecule has 0 aromatic carbocycles. The molecule has 7 nitrogen and oxygen atoms in total. The van der Waals surface area contributed by atoms with E-state index in [0.717, 1.165) is 0 Å². The second kappa shape index (κ2) is 8.33. The van der Waals surface area contributed by atoms with Crippen LogP contribution in [0, 0.1) is 12.3 Å². The number of halogens is 1. The van der Waals surface area contributed by atoms with Crippen LogP contribution < -0.4 is 11.1 Å². The summed E-state index contributed by atoms with van der Waals surface area (Å²) in [5, 5.41) is 2.84. The van der Waals surface area contributed by atoms with Gasteiger partial charge in [-0.2, -0.15) is 0 Å². The van der Waals surface area contributed by atoms with E-state index in [4.69, 9.17) is 14.9 Å². The monoisotopic (exact) mass is 346 g/mol. The van der Waals surface area contributed by atoms with E-state index in [-0.39, 0.29) is 31.4 Å². The van der Waals surface area contributed by atoms with E-state index >= 15 is 0 Å². The standard InChI is InChI=1S/C15H22N2O5.ClH/c1-10-12(13(18)20-2)7-11(22-10)8-17-14(19)15(9-16)3-5-21-6-4-15;/h7H,3-6,8-9,16H2,1-2H3,(H,17,19);1H. The summed E-state index contributed by atoms with van der Waals surface area (Å²) < 4.78 is 15.4. The third kappa shape index (κ3) is 4.25. The number of rotatable bonds is 5. The van der Waals surface area contributed by atoms with E-state index in [9.17, 15) is 9.59 Å². The number of ether oxygens (including phenoxy) is 2. The maximum Gasteiger partial charge on any atom is 0.341 e. The molecular weight excluding hydrogens is 324 g/mol. The Bertz CT molecular complexity index is 552. The summed E-state index contributed by atoms with van der Waals surface area (Å²) in [6.45, 7) is 3.25. The first-order valence-corrected chi connectivity index (χ1v) is 7.26. The van der Waals surface area contributed by atoms with Crippen molar-refractivity contribution in [2.45, 2.75) is 26.3 Å². The molecule has 1 aromatic rings. The number of hydrogen-bond acceptors (Lipinski definition) is 6. The molecular formula is C15H23ClN2O5. The van der Waals surface area contributed by atoms with Crippen LogP contribution in [0.4, 0.5) is 0 Å². The summed E-state index contributed by atoms with van der Waals surface area (Å²) in [4.78, 5) is 24.0. The Balaban J connectivity index is 0.00000264. The number of methoxy groups -OCH3 is 1. The zero-order valence-corrected chi connectivity index (χ0v) is 14.2. The van der Waals surface area contributed by atoms with Gasteiger partial charge in [0.2, 0.25) is 5.91 Å². The number of carbonyl (C=O) groups is 2. The van der Waals surface area contributed by atoms with Crippen molar-refractivity contribution in [2.75, 3.05) is 26.9 Å². The summed E-state index contributed by atoms with van der Waals surface area (Å²) in [7, 11) is 1.31. The summed E-state index contributed by atoms with van der Waals surface area (Å²) in [6, 6.07) is 1.58. The number of aryl methyl sites for hydroxylation is 1. The Labute approximate surface area is 141 Å². The van der Waals surface area contributed by atoms with Crippen LogP contribution in [-0.4, -0.2) is 38.7 Å². The molecule has 0 unspecified atom stereocenters. The van der Waals surface area contributed by atoms with Gasteiger partial charge in [0.1, 0.15) is 17.1 Å². The van der Waals surface area contributed by atoms with Gasteiger partial charge in [0, 0.05) is 19.8 Å². The van der Waals surface area contributed by atoms with Gasteiger partial charge in [-0.1, -0.05) is 0 Å². The van der Waals surface area contributed by atoms with E-state index in [1.165, 1.54) is 7.11 Å². The highest BCUT2D eigenvalue weighted by molar-refractivity contribution is 5.90. The number of furan rings is 1. The minimum absolute atomic E-state index is 0. The third-order valence-electron chi connectivity index (χ3n) is 4.12. The van der Waals surface area contributed by atoms with Crippen molar-refractivity contribution in [1.82, 2.24) is 5.32 Å². The normalized spacial score (nSPS) is 16.3. The van der Waals surface area contributed by atoms with E-state index in [1.807, 2.05) is 0 Å². The maximum atomic E-state index is 12.4. The molecule has 1 fully saturated rings. The first kappa shape index (κ1) is 19.5. The molecule has 23 heavy (non-hydrogen) atoms. The van der Waals surface area contributed by atoms with Gasteiger partial charge in [-0.05, 0) is 25.8 Å². The van der Waals surface area contributed by atoms with E-state index in [2.05, 4.69) is 10.1 Å². The summed E-state index contributed by atoms with van der Waals surface area (Å²) in [6.07, 6.45) is 1.22. The van der Waals surface area contributed by atoms with Gasteiger partial charge in [0.15, 0.2) is 0 Å². The van der Waals surface area contributed by atoms with Crippen LogP contribution in [0.5, 0.6) is 0 Å². The fourth-order valence-electron chi connectivity index (χ4n) is 2.58. The molecule has 130 valence electrons. The number of nitrogens with two attached hydrogens (primary N) is 1. The lowest BCUT2D eigenvalue weighted by atomic mass is 9.79. The molecule has 2 heterocycles. The molecule has 3 N–H and O–H groups in total. The van der Waals surface area contributed by atoms with Gasteiger partial charge in [0.25, 0.3) is 0 Å². The summed E-state index contributed by atoms with van der Waals surface area (Å²) in [5.74, 6) is 0.412. The lowest BCUT2D eigenvalue weighted by Gasteiger charge is -2.34. The first-order chi connectivity index (χ1) is 10.5. The zero-order valence-electron chi connectivity index (χ0n) is 13.3. The number of esters is 1. The van der Waals surface area contributed by atoms with Crippen LogP contribution in [0.3, 0.4) is 0 Å². The second-order valence-electron chi connectivity index (χ2n) is 5.45. The van der Waals surface area contributed by atoms with Crippen molar-refractivity contribution >= 4 is 24.3 Å². The average molecular weight is 347 g/mol. The largest absolute Gasteiger partial charge is 0.465 e. The molecule has 0 aliphatic carbocycles. The Hall–Kier alpha value is -1.57. The second-order valence-corrected chi connectivity index (χ2v) is 5.45. The average Bonchev–Trinajstić information content (AvgIpc) is 2.93. The number of nitrogens with one attached hydrogen (secondary N) is 1. The quantitative estimate of drug-likeness (QED) is 0.775. The van der Waals surface area contributed by atoms with Crippen molar-refractivity contribution < 1.29 is 23.5 Å². The lowest BCUT2D eigenvalue weighted by molar-refractivity contribution is -0.136. The minimum atomic E-state index is -0.578. The Morgan fingerprint density at radius 1 is 1.39 bits per heavy atom. The number of hydrogen-bond donors (Lipinski definition) is 2. The van der Waals surface area contributed by atoms with Gasteiger partial charge in [-0.15, -0.1) is 12.4 Å². The van der Waals surface area contributed by atoms with Crippen LogP contribution in [0.2, 0.25) is 0 Å². The van der Waals surface area contributed by atoms with Gasteiger partial charge < -0.3 is 24.9 Å². The van der Waals surface area contributed by atoms with Crippen LogP contribution in [0.25, 0.3) is 0 Å². The van der Waals surface area contributed by atoms with Crippen LogP contribution in [0.15, 0.2) is 10.5 Å². The van der Waals surface area contributed by atoms with Gasteiger partial charge in [-0.3, -0.25) is 4.79 Å². The summed E-state index contributed by atoms with van der Waals surface area (Å²) in [5.41, 5.74) is 5.58. The molecule has 0 bridgehead atoms. The molecule has 1 aliphatic rings. The van der Waals surface area contributed by atoms with Crippen molar-refractivity contribution in [3.05, 3.63) is 23.2 Å². The molecule has 1 aromatic heterocycles. The van der Waals surface area contributed by atoms with Crippen molar-refractivity contribution in [1.29, 1.82) is 0 Å². The fraction of sp³-hybridized carbons (Fsp3) is 0.600. The van der Waals surface area contributed by atoms with Gasteiger partial charge in [-0.25, -0.2) is 4.79 Å². The first-order valence-electron chi connectivity index (χ1n) is 7.26. The number of amides is 1. The van der Waals surface area contributed by atoms with Gasteiger partial charge >= 0.3 is 5.97 Å². The minimum Gasteiger partial charge on any atom is -0.465 e. The van der Waals surface area contributed by atoms with Gasteiger partial charge in [0.05, 0.1) is 19.1 Å². The zero-order chi connectivity index (χ0) is 16.2. The number of carbonyl (C=O) groups excluding carboxylic acids is 2. The fourth-order valence-corrected chi connectivity index (χ4v) is 2.58. The molecule has 2 rings (SSSR count). The highest BCUT2D eigenvalue weighted by Gasteiger charge is 2.38. The molecule has 0 radical (unpaired) electrons. The van der Waals surface area contributed by atoms with Crippen molar-refractivity contribution in [2.24, 2.45) is 11.1 Å². The lowest BCUT2D eigenvalue weighted by Crippen LogP contribution is -2.48. The molecule has 0 saturated carbocycles. The molecule has 0 atom stereocenters. The van der Waals surface area contributed by atoms with Crippen molar-refractivity contribution in [3.63, 3.8) is 0 Å². The molecule has 1 saturated heterocycles. The maximum absolute atomic E-state index is 12.4. The van der Waals surface area contributed by atoms with Crippen LogP contribution >= 0.6 is 12.4 Å². The van der Waals surface area contributed by atoms with Crippen LogP contribution in [-0.2, 0) is 20.8 Å². The molecule has 1 aliphatic heterocycles. The highest BCUT2D eigenvalue weighted by atomic mass is 35.5. The summed E-state index contributed by atoms with van der Waals surface area (Å²) >= 11 is 0. The van der Waals surface area contributed by atoms with E-state index in [1.54, 1.807) is 13.0 Å². The SMILES string of the molecule is COC(=O)c1cc(CNC(=O)C2(CN)CCOCC2)oc1C.Cl. The topological polar surface area (TPSA) is 104 Å². The highest BCUT2D eigenvalue weighted by Crippen LogP contribution is 2.29. The van der Waals surface area contributed by atoms with Crippen LogP contribution in [0.1, 0.15) is 34.7 Å². The predicted molar refractivity (Wildman–Crippen MR) is 85.4 cm³/mol. The smallest absolute Gasteiger partial charge is 0.341 e. The Morgan fingerprint density at radius 3 is 2.61 bits per heavy atom. The predicted octanol–water partition coefficient (Wildman–Crippen LogP) is 1.17. The van der Waals surface area contributed by atoms with E-state index in [0.29, 0.717) is 43.1 Å². The molecule has 8 heteroatoms. The van der Waals surface area contributed by atoms with E-state index < -0.39 is 11.4 Å². The Kier molecular flexibility index (Phi) is 7.05. The van der Waals surface area contributed by atoms with Crippen molar-refractivity contribution in [3.8, 4) is 0 Å². The molecule has 1 amide bonds.